The Bertz CT molecular complexity index is 575. The summed E-state index contributed by atoms with van der Waals surface area (Å²) in [5, 5.41) is 9.79. The quantitative estimate of drug-likeness (QED) is 0.858. The van der Waals surface area contributed by atoms with Gasteiger partial charge in [0, 0.05) is 5.56 Å². The number of aromatic nitrogens is 1. The number of pyridine rings is 1. The van der Waals surface area contributed by atoms with E-state index in [1.807, 2.05) is 0 Å². The molecule has 0 atom stereocenters. The highest BCUT2D eigenvalue weighted by molar-refractivity contribution is 6.42. The molecule has 6 heteroatoms. The predicted octanol–water partition coefficient (Wildman–Crippen LogP) is 4.33. The van der Waals surface area contributed by atoms with E-state index in [1.165, 1.54) is 6.07 Å². The van der Waals surface area contributed by atoms with Crippen molar-refractivity contribution >= 4 is 34.8 Å². The molecule has 0 bridgehead atoms. The number of para-hydroxylation sites is 1. The summed E-state index contributed by atoms with van der Waals surface area (Å²) in [5.41, 5.74) is 0.626. The Kier molecular flexibility index (Phi) is 4.30. The van der Waals surface area contributed by atoms with E-state index in [0.29, 0.717) is 11.3 Å². The number of aliphatic hydroxyl groups excluding tert-OH is 1. The van der Waals surface area contributed by atoms with Crippen LogP contribution in [0.5, 0.6) is 11.6 Å². The first-order valence-electron chi connectivity index (χ1n) is 5.00. The average molecular weight is 305 g/mol. The van der Waals surface area contributed by atoms with Crippen LogP contribution in [0, 0.1) is 0 Å². The number of aliphatic hydroxyl groups is 1. The van der Waals surface area contributed by atoms with Crippen LogP contribution in [-0.2, 0) is 6.61 Å². The van der Waals surface area contributed by atoms with Gasteiger partial charge in [0.2, 0.25) is 5.88 Å². The normalized spacial score (nSPS) is 10.4. The number of hydrogen-bond donors (Lipinski definition) is 1. The first-order chi connectivity index (χ1) is 8.61. The summed E-state index contributed by atoms with van der Waals surface area (Å²) in [5.74, 6) is 0.611. The van der Waals surface area contributed by atoms with E-state index in [9.17, 15) is 5.11 Å². The molecule has 0 saturated carbocycles. The van der Waals surface area contributed by atoms with Crippen LogP contribution in [0.25, 0.3) is 0 Å². The van der Waals surface area contributed by atoms with Gasteiger partial charge in [0.1, 0.15) is 10.8 Å². The third-order valence-electron chi connectivity index (χ3n) is 2.20. The number of nitrogens with zero attached hydrogens (tertiary/aromatic N) is 1. The van der Waals surface area contributed by atoms with Crippen LogP contribution >= 0.6 is 34.8 Å². The smallest absolute Gasteiger partial charge is 0.239 e. The highest BCUT2D eigenvalue weighted by Crippen LogP contribution is 2.34. The van der Waals surface area contributed by atoms with Crippen molar-refractivity contribution in [3.63, 3.8) is 0 Å². The molecule has 0 spiro atoms. The van der Waals surface area contributed by atoms with Gasteiger partial charge >= 0.3 is 0 Å². The van der Waals surface area contributed by atoms with Crippen LogP contribution in [0.2, 0.25) is 15.2 Å². The number of hydrogen-bond acceptors (Lipinski definition) is 3. The van der Waals surface area contributed by atoms with Crippen LogP contribution in [-0.4, -0.2) is 10.1 Å². The molecule has 0 aliphatic rings. The zero-order valence-electron chi connectivity index (χ0n) is 9.03. The second-order valence-electron chi connectivity index (χ2n) is 3.42. The summed E-state index contributed by atoms with van der Waals surface area (Å²) < 4.78 is 5.52. The maximum absolute atomic E-state index is 9.18. The molecular weight excluding hydrogens is 296 g/mol. The Hall–Kier alpha value is -1.000. The van der Waals surface area contributed by atoms with Gasteiger partial charge in [0.15, 0.2) is 5.15 Å². The van der Waals surface area contributed by atoms with Crippen molar-refractivity contribution < 1.29 is 9.84 Å². The molecule has 2 rings (SSSR count). The van der Waals surface area contributed by atoms with Gasteiger partial charge in [0.05, 0.1) is 11.6 Å². The van der Waals surface area contributed by atoms with Gasteiger partial charge in [-0.1, -0.05) is 53.0 Å². The maximum Gasteiger partial charge on any atom is 0.239 e. The first kappa shape index (κ1) is 13.4. The van der Waals surface area contributed by atoms with Crippen molar-refractivity contribution in [1.29, 1.82) is 0 Å². The Balaban J connectivity index is 2.37. The van der Waals surface area contributed by atoms with Crippen LogP contribution in [0.4, 0.5) is 0 Å². The lowest BCUT2D eigenvalue weighted by Gasteiger charge is -2.10. The first-order valence-corrected chi connectivity index (χ1v) is 6.13. The van der Waals surface area contributed by atoms with Crippen molar-refractivity contribution in [2.45, 2.75) is 6.61 Å². The van der Waals surface area contributed by atoms with E-state index in [0.717, 1.165) is 0 Å². The maximum atomic E-state index is 9.18. The molecule has 1 aromatic heterocycles. The third kappa shape index (κ3) is 2.87. The highest BCUT2D eigenvalue weighted by atomic mass is 35.5. The molecule has 1 aromatic carbocycles. The minimum Gasteiger partial charge on any atom is -0.437 e. The molecule has 0 amide bonds. The molecule has 1 heterocycles. The van der Waals surface area contributed by atoms with Gasteiger partial charge in [0.25, 0.3) is 0 Å². The molecule has 0 fully saturated rings. The SMILES string of the molecule is OCc1ccccc1Oc1nc(Cl)c(Cl)cc1Cl. The Labute approximate surface area is 119 Å². The lowest BCUT2D eigenvalue weighted by atomic mass is 10.2. The Morgan fingerprint density at radius 3 is 2.56 bits per heavy atom. The topological polar surface area (TPSA) is 42.4 Å². The molecule has 2 aromatic rings. The van der Waals surface area contributed by atoms with Gasteiger partial charge in [-0.15, -0.1) is 0 Å². The molecule has 0 aliphatic heterocycles. The van der Waals surface area contributed by atoms with E-state index >= 15 is 0 Å². The average Bonchev–Trinajstić information content (AvgIpc) is 2.36. The van der Waals surface area contributed by atoms with Crippen molar-refractivity contribution in [3.05, 3.63) is 51.1 Å². The monoisotopic (exact) mass is 303 g/mol. The standard InChI is InChI=1S/C12H8Cl3NO2/c13-8-5-9(14)12(16-11(8)15)18-10-4-2-1-3-7(10)6-17/h1-5,17H,6H2. The number of ether oxygens (including phenoxy) is 1. The molecule has 0 saturated heterocycles. The largest absolute Gasteiger partial charge is 0.437 e. The van der Waals surface area contributed by atoms with E-state index in [-0.39, 0.29) is 27.7 Å². The summed E-state index contributed by atoms with van der Waals surface area (Å²) in [4.78, 5) is 3.94. The fraction of sp³-hybridized carbons (Fsp3) is 0.0833. The van der Waals surface area contributed by atoms with E-state index in [4.69, 9.17) is 39.5 Å². The van der Waals surface area contributed by atoms with Crippen molar-refractivity contribution in [2.24, 2.45) is 0 Å². The summed E-state index contributed by atoms with van der Waals surface area (Å²) in [6.45, 7) is -0.144. The minimum atomic E-state index is -0.144. The second kappa shape index (κ2) is 5.76. The van der Waals surface area contributed by atoms with Gasteiger partial charge in [-0.05, 0) is 12.1 Å². The van der Waals surface area contributed by atoms with Crippen LogP contribution in [0.3, 0.4) is 0 Å². The minimum absolute atomic E-state index is 0.109. The summed E-state index contributed by atoms with van der Waals surface area (Å²) in [7, 11) is 0. The fourth-order valence-electron chi connectivity index (χ4n) is 1.34. The molecule has 0 aliphatic carbocycles. The zero-order valence-corrected chi connectivity index (χ0v) is 11.3. The highest BCUT2D eigenvalue weighted by Gasteiger charge is 2.11. The lowest BCUT2D eigenvalue weighted by molar-refractivity contribution is 0.276. The van der Waals surface area contributed by atoms with E-state index in [2.05, 4.69) is 4.98 Å². The molecule has 1 N–H and O–H groups in total. The fourth-order valence-corrected chi connectivity index (χ4v) is 1.87. The van der Waals surface area contributed by atoms with Crippen LogP contribution < -0.4 is 4.74 Å². The van der Waals surface area contributed by atoms with Gasteiger partial charge in [-0.3, -0.25) is 0 Å². The summed E-state index contributed by atoms with van der Waals surface area (Å²) in [6.07, 6.45) is 0. The molecule has 0 radical (unpaired) electrons. The number of benzene rings is 1. The second-order valence-corrected chi connectivity index (χ2v) is 4.59. The van der Waals surface area contributed by atoms with Crippen molar-refractivity contribution in [2.75, 3.05) is 0 Å². The molecule has 94 valence electrons. The lowest BCUT2D eigenvalue weighted by Crippen LogP contribution is -1.94. The molecule has 3 nitrogen and oxygen atoms in total. The van der Waals surface area contributed by atoms with Gasteiger partial charge in [-0.25, -0.2) is 0 Å². The van der Waals surface area contributed by atoms with Gasteiger partial charge < -0.3 is 9.84 Å². The molecule has 18 heavy (non-hydrogen) atoms. The summed E-state index contributed by atoms with van der Waals surface area (Å²) in [6, 6.07) is 8.46. The van der Waals surface area contributed by atoms with Crippen molar-refractivity contribution in [1.82, 2.24) is 4.98 Å². The Morgan fingerprint density at radius 2 is 1.83 bits per heavy atom. The predicted molar refractivity (Wildman–Crippen MR) is 71.7 cm³/mol. The van der Waals surface area contributed by atoms with Crippen LogP contribution in [0.1, 0.15) is 5.56 Å². The van der Waals surface area contributed by atoms with Crippen molar-refractivity contribution in [3.8, 4) is 11.6 Å². The van der Waals surface area contributed by atoms with Crippen LogP contribution in [0.15, 0.2) is 30.3 Å². The molecule has 0 unspecified atom stereocenters. The zero-order chi connectivity index (χ0) is 13.1. The van der Waals surface area contributed by atoms with E-state index in [1.54, 1.807) is 24.3 Å². The van der Waals surface area contributed by atoms with E-state index < -0.39 is 0 Å². The number of rotatable bonds is 3. The summed E-state index contributed by atoms with van der Waals surface area (Å²) >= 11 is 17.5. The molecular formula is C12H8Cl3NO2. The third-order valence-corrected chi connectivity index (χ3v) is 3.15. The van der Waals surface area contributed by atoms with Gasteiger partial charge in [-0.2, -0.15) is 4.98 Å². The number of halogens is 3. The Morgan fingerprint density at radius 1 is 1.11 bits per heavy atom.